The van der Waals surface area contributed by atoms with Gasteiger partial charge in [-0.25, -0.2) is 0 Å². The van der Waals surface area contributed by atoms with Crippen molar-refractivity contribution in [3.8, 4) is 0 Å². The lowest BCUT2D eigenvalue weighted by Crippen LogP contribution is -2.47. The monoisotopic (exact) mass is 282 g/mol. The van der Waals surface area contributed by atoms with E-state index < -0.39 is 5.97 Å². The summed E-state index contributed by atoms with van der Waals surface area (Å²) in [4.78, 5) is 23.2. The van der Waals surface area contributed by atoms with Crippen LogP contribution in [0.3, 0.4) is 0 Å². The van der Waals surface area contributed by atoms with Gasteiger partial charge in [0, 0.05) is 12.5 Å². The number of hydrogen-bond acceptors (Lipinski definition) is 3. The van der Waals surface area contributed by atoms with Gasteiger partial charge in [0.2, 0.25) is 5.91 Å². The topological polar surface area (TPSA) is 92.4 Å². The number of carboxylic acid groups (broad SMARTS) is 1. The average Bonchev–Trinajstić information content (AvgIpc) is 2.40. The Balaban J connectivity index is 1.86. The molecule has 2 fully saturated rings. The van der Waals surface area contributed by atoms with E-state index in [1.807, 2.05) is 0 Å². The minimum Gasteiger partial charge on any atom is -0.481 e. The average molecular weight is 282 g/mol. The van der Waals surface area contributed by atoms with Crippen LogP contribution in [0.1, 0.15) is 51.4 Å². The van der Waals surface area contributed by atoms with Crippen LogP contribution in [0.5, 0.6) is 0 Å². The number of hydrogen-bond donors (Lipinski definition) is 3. The highest BCUT2D eigenvalue weighted by atomic mass is 16.4. The SMILES string of the molecule is NCC1CCCCC1C(=O)NCC1(CC(=O)O)CCC1. The molecule has 0 saturated heterocycles. The third kappa shape index (κ3) is 3.51. The molecule has 5 nitrogen and oxygen atoms in total. The number of carboxylic acids is 1. The summed E-state index contributed by atoms with van der Waals surface area (Å²) in [5, 5.41) is 12.0. The van der Waals surface area contributed by atoms with Crippen LogP contribution in [0.2, 0.25) is 0 Å². The van der Waals surface area contributed by atoms with E-state index in [4.69, 9.17) is 10.8 Å². The van der Waals surface area contributed by atoms with E-state index in [1.54, 1.807) is 0 Å². The van der Waals surface area contributed by atoms with Gasteiger partial charge in [0.25, 0.3) is 0 Å². The molecule has 0 aromatic rings. The van der Waals surface area contributed by atoms with Crippen molar-refractivity contribution in [2.75, 3.05) is 13.1 Å². The summed E-state index contributed by atoms with van der Waals surface area (Å²) >= 11 is 0. The summed E-state index contributed by atoms with van der Waals surface area (Å²) in [7, 11) is 0. The van der Waals surface area contributed by atoms with Crippen molar-refractivity contribution in [1.82, 2.24) is 5.32 Å². The van der Waals surface area contributed by atoms with Crippen LogP contribution in [-0.4, -0.2) is 30.1 Å². The molecule has 0 bridgehead atoms. The van der Waals surface area contributed by atoms with E-state index >= 15 is 0 Å². The number of rotatable bonds is 6. The molecular formula is C15H26N2O3. The maximum Gasteiger partial charge on any atom is 0.303 e. The van der Waals surface area contributed by atoms with Gasteiger partial charge in [0.1, 0.15) is 0 Å². The molecule has 0 radical (unpaired) electrons. The van der Waals surface area contributed by atoms with Gasteiger partial charge < -0.3 is 16.2 Å². The standard InChI is InChI=1S/C15H26N2O3/c16-9-11-4-1-2-5-12(11)14(20)17-10-15(6-3-7-15)8-13(18)19/h11-12H,1-10,16H2,(H,17,20)(H,18,19). The minimum absolute atomic E-state index is 0.0238. The molecule has 2 aliphatic rings. The first-order valence-corrected chi connectivity index (χ1v) is 7.76. The molecule has 0 aromatic heterocycles. The Morgan fingerprint density at radius 2 is 1.90 bits per heavy atom. The Bertz CT molecular complexity index is 366. The molecule has 0 aromatic carbocycles. The largest absolute Gasteiger partial charge is 0.481 e. The molecule has 0 spiro atoms. The van der Waals surface area contributed by atoms with Crippen LogP contribution in [0.4, 0.5) is 0 Å². The fourth-order valence-corrected chi connectivity index (χ4v) is 3.65. The van der Waals surface area contributed by atoms with Crippen LogP contribution in [0.15, 0.2) is 0 Å². The Kier molecular flexibility index (Phi) is 5.02. The highest BCUT2D eigenvalue weighted by molar-refractivity contribution is 5.79. The maximum atomic E-state index is 12.3. The molecule has 20 heavy (non-hydrogen) atoms. The first kappa shape index (κ1) is 15.3. The number of aliphatic carboxylic acids is 1. The molecule has 2 saturated carbocycles. The van der Waals surface area contributed by atoms with Gasteiger partial charge in [0.15, 0.2) is 0 Å². The molecule has 1 amide bonds. The quantitative estimate of drug-likeness (QED) is 0.688. The van der Waals surface area contributed by atoms with E-state index in [1.165, 1.54) is 0 Å². The zero-order valence-corrected chi connectivity index (χ0v) is 12.1. The lowest BCUT2D eigenvalue weighted by molar-refractivity contribution is -0.142. The second-order valence-electron chi connectivity index (χ2n) is 6.53. The zero-order valence-electron chi connectivity index (χ0n) is 12.1. The second-order valence-corrected chi connectivity index (χ2v) is 6.53. The molecule has 2 unspecified atom stereocenters. The van der Waals surface area contributed by atoms with Crippen LogP contribution < -0.4 is 11.1 Å². The van der Waals surface area contributed by atoms with Gasteiger partial charge in [-0.2, -0.15) is 0 Å². The van der Waals surface area contributed by atoms with Gasteiger partial charge in [-0.3, -0.25) is 9.59 Å². The van der Waals surface area contributed by atoms with E-state index in [-0.39, 0.29) is 23.7 Å². The van der Waals surface area contributed by atoms with Crippen molar-refractivity contribution in [2.24, 2.45) is 23.0 Å². The Hall–Kier alpha value is -1.10. The van der Waals surface area contributed by atoms with Crippen molar-refractivity contribution < 1.29 is 14.7 Å². The van der Waals surface area contributed by atoms with Crippen molar-refractivity contribution in [3.63, 3.8) is 0 Å². The van der Waals surface area contributed by atoms with Gasteiger partial charge in [-0.05, 0) is 43.6 Å². The summed E-state index contributed by atoms with van der Waals surface area (Å²) in [5.74, 6) is -0.371. The van der Waals surface area contributed by atoms with Gasteiger partial charge >= 0.3 is 5.97 Å². The Morgan fingerprint density at radius 3 is 2.45 bits per heavy atom. The first-order chi connectivity index (χ1) is 9.56. The normalized spacial score (nSPS) is 28.4. The number of carbonyl (C=O) groups is 2. The number of nitrogens with two attached hydrogens (primary N) is 1. The third-order valence-electron chi connectivity index (χ3n) is 5.13. The lowest BCUT2D eigenvalue weighted by atomic mass is 9.66. The molecule has 2 atom stereocenters. The van der Waals surface area contributed by atoms with Crippen LogP contribution >= 0.6 is 0 Å². The fraction of sp³-hybridized carbons (Fsp3) is 0.867. The van der Waals surface area contributed by atoms with Gasteiger partial charge in [-0.1, -0.05) is 19.3 Å². The summed E-state index contributed by atoms with van der Waals surface area (Å²) in [6, 6.07) is 0. The molecule has 2 aliphatic carbocycles. The Labute approximate surface area is 120 Å². The lowest BCUT2D eigenvalue weighted by Gasteiger charge is -2.41. The summed E-state index contributed by atoms with van der Waals surface area (Å²) in [5.41, 5.74) is 5.56. The zero-order chi connectivity index (χ0) is 14.6. The van der Waals surface area contributed by atoms with E-state index in [2.05, 4.69) is 5.32 Å². The predicted octanol–water partition coefficient (Wildman–Crippen LogP) is 1.51. The smallest absolute Gasteiger partial charge is 0.303 e. The number of amides is 1. The summed E-state index contributed by atoms with van der Waals surface area (Å²) < 4.78 is 0. The van der Waals surface area contributed by atoms with Crippen molar-refractivity contribution >= 4 is 11.9 Å². The number of carbonyl (C=O) groups excluding carboxylic acids is 1. The first-order valence-electron chi connectivity index (χ1n) is 7.76. The predicted molar refractivity (Wildman–Crippen MR) is 76.0 cm³/mol. The molecule has 2 rings (SSSR count). The highest BCUT2D eigenvalue weighted by Crippen LogP contribution is 2.43. The minimum atomic E-state index is -0.767. The van der Waals surface area contributed by atoms with E-state index in [9.17, 15) is 9.59 Å². The highest BCUT2D eigenvalue weighted by Gasteiger charge is 2.40. The molecule has 4 N–H and O–H groups in total. The van der Waals surface area contributed by atoms with E-state index in [0.29, 0.717) is 19.0 Å². The number of nitrogens with one attached hydrogen (secondary N) is 1. The van der Waals surface area contributed by atoms with Gasteiger partial charge in [0.05, 0.1) is 6.42 Å². The maximum absolute atomic E-state index is 12.3. The van der Waals surface area contributed by atoms with Crippen molar-refractivity contribution in [2.45, 2.75) is 51.4 Å². The van der Waals surface area contributed by atoms with Crippen LogP contribution in [0, 0.1) is 17.3 Å². The fourth-order valence-electron chi connectivity index (χ4n) is 3.65. The summed E-state index contributed by atoms with van der Waals surface area (Å²) in [6.07, 6.45) is 7.25. The van der Waals surface area contributed by atoms with Crippen LogP contribution in [-0.2, 0) is 9.59 Å². The van der Waals surface area contributed by atoms with Crippen LogP contribution in [0.25, 0.3) is 0 Å². The molecule has 0 heterocycles. The van der Waals surface area contributed by atoms with Crippen molar-refractivity contribution in [3.05, 3.63) is 0 Å². The van der Waals surface area contributed by atoms with E-state index in [0.717, 1.165) is 44.9 Å². The summed E-state index contributed by atoms with van der Waals surface area (Å²) in [6.45, 7) is 1.07. The molecular weight excluding hydrogens is 256 g/mol. The third-order valence-corrected chi connectivity index (χ3v) is 5.13. The van der Waals surface area contributed by atoms with Gasteiger partial charge in [-0.15, -0.1) is 0 Å². The second kappa shape index (κ2) is 6.57. The molecule has 114 valence electrons. The molecule has 0 aliphatic heterocycles. The Morgan fingerprint density at radius 1 is 1.20 bits per heavy atom. The molecule has 5 heteroatoms. The van der Waals surface area contributed by atoms with Crippen molar-refractivity contribution in [1.29, 1.82) is 0 Å².